The molecule has 3 aliphatic rings. The fourth-order valence-electron chi connectivity index (χ4n) is 3.78. The molecule has 6 nitrogen and oxygen atoms in total. The van der Waals surface area contributed by atoms with Crippen molar-refractivity contribution in [1.82, 2.24) is 19.7 Å². The lowest BCUT2D eigenvalue weighted by Crippen LogP contribution is -2.41. The van der Waals surface area contributed by atoms with Crippen LogP contribution in [0.2, 0.25) is 0 Å². The Balaban J connectivity index is 1.32. The zero-order valence-electron chi connectivity index (χ0n) is 13.5. The molecule has 0 bridgehead atoms. The highest BCUT2D eigenvalue weighted by Gasteiger charge is 2.32. The number of amides is 1. The molecule has 2 saturated carbocycles. The lowest BCUT2D eigenvalue weighted by atomic mass is 9.79. The predicted molar refractivity (Wildman–Crippen MR) is 86.2 cm³/mol. The maximum Gasteiger partial charge on any atom is 0.343 e. The SMILES string of the molecule is C=C1CC(CC(=O)N2CCC(n3nc(C4CC4)[nH]c3=O)CC2)C1. The van der Waals surface area contributed by atoms with E-state index in [1.54, 1.807) is 4.68 Å². The Morgan fingerprint density at radius 3 is 2.52 bits per heavy atom. The van der Waals surface area contributed by atoms with Crippen molar-refractivity contribution in [3.63, 3.8) is 0 Å². The van der Waals surface area contributed by atoms with Crippen LogP contribution in [0.1, 0.15) is 62.7 Å². The third-order valence-corrected chi connectivity index (χ3v) is 5.40. The Morgan fingerprint density at radius 1 is 1.22 bits per heavy atom. The zero-order chi connectivity index (χ0) is 16.0. The molecule has 1 aliphatic heterocycles. The highest BCUT2D eigenvalue weighted by molar-refractivity contribution is 5.76. The molecule has 4 rings (SSSR count). The average molecular weight is 316 g/mol. The summed E-state index contributed by atoms with van der Waals surface area (Å²) in [6.45, 7) is 5.40. The quantitative estimate of drug-likeness (QED) is 0.863. The molecule has 23 heavy (non-hydrogen) atoms. The van der Waals surface area contributed by atoms with Crippen molar-refractivity contribution in [3.8, 4) is 0 Å². The Kier molecular flexibility index (Phi) is 3.62. The molecule has 0 aromatic carbocycles. The fraction of sp³-hybridized carbons (Fsp3) is 0.706. The van der Waals surface area contributed by atoms with Crippen molar-refractivity contribution < 1.29 is 4.79 Å². The number of aromatic nitrogens is 3. The Labute approximate surface area is 135 Å². The second kappa shape index (κ2) is 5.65. The number of carbonyl (C=O) groups is 1. The van der Waals surface area contributed by atoms with E-state index < -0.39 is 0 Å². The number of hydrogen-bond acceptors (Lipinski definition) is 3. The van der Waals surface area contributed by atoms with Gasteiger partial charge in [0.15, 0.2) is 0 Å². The van der Waals surface area contributed by atoms with Gasteiger partial charge in [0.05, 0.1) is 6.04 Å². The van der Waals surface area contributed by atoms with Crippen LogP contribution in [0.4, 0.5) is 0 Å². The van der Waals surface area contributed by atoms with Gasteiger partial charge in [-0.3, -0.25) is 9.78 Å². The lowest BCUT2D eigenvalue weighted by Gasteiger charge is -2.34. The van der Waals surface area contributed by atoms with E-state index in [0.717, 1.165) is 57.4 Å². The van der Waals surface area contributed by atoms with Crippen molar-refractivity contribution in [3.05, 3.63) is 28.5 Å². The summed E-state index contributed by atoms with van der Waals surface area (Å²) in [6.07, 6.45) is 6.57. The molecule has 1 aromatic rings. The highest BCUT2D eigenvalue weighted by atomic mass is 16.2. The summed E-state index contributed by atoms with van der Waals surface area (Å²) in [5, 5.41) is 4.48. The number of nitrogens with one attached hydrogen (secondary N) is 1. The van der Waals surface area contributed by atoms with Crippen LogP contribution in [0.5, 0.6) is 0 Å². The number of hydrogen-bond donors (Lipinski definition) is 1. The van der Waals surface area contributed by atoms with Gasteiger partial charge in [0, 0.05) is 25.4 Å². The fourth-order valence-corrected chi connectivity index (χ4v) is 3.78. The van der Waals surface area contributed by atoms with Crippen LogP contribution in [0.3, 0.4) is 0 Å². The van der Waals surface area contributed by atoms with E-state index in [1.807, 2.05) is 4.90 Å². The normalized spacial score (nSPS) is 23.1. The van der Waals surface area contributed by atoms with E-state index in [4.69, 9.17) is 0 Å². The average Bonchev–Trinajstić information content (AvgIpc) is 3.29. The molecule has 124 valence electrons. The van der Waals surface area contributed by atoms with Crippen LogP contribution in [0.15, 0.2) is 16.9 Å². The van der Waals surface area contributed by atoms with Crippen molar-refractivity contribution in [2.24, 2.45) is 5.92 Å². The molecule has 2 aliphatic carbocycles. The smallest absolute Gasteiger partial charge is 0.343 e. The maximum absolute atomic E-state index is 12.3. The molecular formula is C17H24N4O2. The van der Waals surface area contributed by atoms with Crippen LogP contribution >= 0.6 is 0 Å². The molecule has 6 heteroatoms. The minimum Gasteiger partial charge on any atom is -0.343 e. The first-order valence-corrected chi connectivity index (χ1v) is 8.73. The van der Waals surface area contributed by atoms with Crippen LogP contribution in [-0.4, -0.2) is 38.7 Å². The minimum atomic E-state index is -0.0929. The topological polar surface area (TPSA) is 71.0 Å². The number of piperidine rings is 1. The van der Waals surface area contributed by atoms with Gasteiger partial charge in [0.25, 0.3) is 0 Å². The van der Waals surface area contributed by atoms with Crippen molar-refractivity contribution in [2.75, 3.05) is 13.1 Å². The first kappa shape index (κ1) is 14.7. The number of carbonyl (C=O) groups excluding carboxylic acids is 1. The van der Waals surface area contributed by atoms with Crippen LogP contribution in [0, 0.1) is 5.92 Å². The van der Waals surface area contributed by atoms with Gasteiger partial charge in [0.2, 0.25) is 5.91 Å². The second-order valence-electron chi connectivity index (χ2n) is 7.37. The minimum absolute atomic E-state index is 0.0929. The third-order valence-electron chi connectivity index (χ3n) is 5.40. The zero-order valence-corrected chi connectivity index (χ0v) is 13.5. The number of H-pyrrole nitrogens is 1. The van der Waals surface area contributed by atoms with Crippen molar-refractivity contribution in [1.29, 1.82) is 0 Å². The first-order valence-electron chi connectivity index (χ1n) is 8.73. The molecule has 1 aromatic heterocycles. The highest BCUT2D eigenvalue weighted by Crippen LogP contribution is 2.38. The van der Waals surface area contributed by atoms with E-state index in [0.29, 0.717) is 18.3 Å². The van der Waals surface area contributed by atoms with Crippen LogP contribution in [-0.2, 0) is 4.79 Å². The van der Waals surface area contributed by atoms with Gasteiger partial charge in [0.1, 0.15) is 5.82 Å². The van der Waals surface area contributed by atoms with Gasteiger partial charge in [-0.15, -0.1) is 0 Å². The molecule has 0 unspecified atom stereocenters. The van der Waals surface area contributed by atoms with E-state index in [1.165, 1.54) is 5.57 Å². The van der Waals surface area contributed by atoms with Crippen molar-refractivity contribution in [2.45, 2.75) is 56.9 Å². The summed E-state index contributed by atoms with van der Waals surface area (Å²) >= 11 is 0. The molecule has 1 N–H and O–H groups in total. The number of likely N-dealkylation sites (tertiary alicyclic amines) is 1. The lowest BCUT2D eigenvalue weighted by molar-refractivity contribution is -0.133. The molecule has 2 heterocycles. The molecule has 1 amide bonds. The van der Waals surface area contributed by atoms with Gasteiger partial charge in [-0.05, 0) is 44.4 Å². The van der Waals surface area contributed by atoms with Gasteiger partial charge in [-0.1, -0.05) is 12.2 Å². The summed E-state index contributed by atoms with van der Waals surface area (Å²) in [7, 11) is 0. The summed E-state index contributed by atoms with van der Waals surface area (Å²) in [6, 6.07) is 0.124. The summed E-state index contributed by atoms with van der Waals surface area (Å²) in [5.41, 5.74) is 1.18. The van der Waals surface area contributed by atoms with Crippen LogP contribution < -0.4 is 5.69 Å². The Bertz CT molecular complexity index is 669. The van der Waals surface area contributed by atoms with Crippen molar-refractivity contribution >= 4 is 5.91 Å². The molecule has 0 spiro atoms. The first-order chi connectivity index (χ1) is 11.1. The monoisotopic (exact) mass is 316 g/mol. The van der Waals surface area contributed by atoms with Gasteiger partial charge in [-0.2, -0.15) is 5.10 Å². The largest absolute Gasteiger partial charge is 0.343 e. The molecule has 3 fully saturated rings. The number of allylic oxidation sites excluding steroid dienone is 1. The number of aromatic amines is 1. The molecule has 0 atom stereocenters. The summed E-state index contributed by atoms with van der Waals surface area (Å²) in [4.78, 5) is 29.2. The third kappa shape index (κ3) is 2.99. The Morgan fingerprint density at radius 2 is 1.91 bits per heavy atom. The summed E-state index contributed by atoms with van der Waals surface area (Å²) in [5.74, 6) is 2.07. The van der Waals surface area contributed by atoms with E-state index >= 15 is 0 Å². The van der Waals surface area contributed by atoms with Gasteiger partial charge in [-0.25, -0.2) is 9.48 Å². The molecular weight excluding hydrogens is 292 g/mol. The maximum atomic E-state index is 12.3. The van der Waals surface area contributed by atoms with E-state index in [9.17, 15) is 9.59 Å². The predicted octanol–water partition coefficient (Wildman–Crippen LogP) is 1.97. The number of rotatable bonds is 4. The Hall–Kier alpha value is -1.85. The molecule has 1 saturated heterocycles. The van der Waals surface area contributed by atoms with Crippen LogP contribution in [0.25, 0.3) is 0 Å². The van der Waals surface area contributed by atoms with E-state index in [-0.39, 0.29) is 17.6 Å². The summed E-state index contributed by atoms with van der Waals surface area (Å²) < 4.78 is 1.62. The second-order valence-corrected chi connectivity index (χ2v) is 7.37. The molecule has 0 radical (unpaired) electrons. The van der Waals surface area contributed by atoms with E-state index in [2.05, 4.69) is 16.7 Å². The standard InChI is InChI=1S/C17H24N4O2/c1-11-8-12(9-11)10-15(22)20-6-4-14(5-7-20)21-17(23)18-16(19-21)13-2-3-13/h12-14H,1-10H2,(H,18,19,23). The van der Waals surface area contributed by atoms with Gasteiger partial charge < -0.3 is 4.90 Å². The van der Waals surface area contributed by atoms with Gasteiger partial charge >= 0.3 is 5.69 Å². The number of nitrogens with zero attached hydrogens (tertiary/aromatic N) is 3.